The molecule has 1 aromatic carbocycles. The van der Waals surface area contributed by atoms with Crippen molar-refractivity contribution in [1.82, 2.24) is 9.88 Å². The molecule has 9 heteroatoms. The van der Waals surface area contributed by atoms with Gasteiger partial charge in [0.2, 0.25) is 0 Å². The first-order valence-electron chi connectivity index (χ1n) is 11.5. The number of methoxy groups -OCH3 is 1. The van der Waals surface area contributed by atoms with E-state index in [9.17, 15) is 9.59 Å². The molecule has 2 aromatic rings. The number of hydrogen-bond donors (Lipinski definition) is 0. The zero-order chi connectivity index (χ0) is 24.2. The lowest BCUT2D eigenvalue weighted by molar-refractivity contribution is -0.148. The SMILES string of the molecule is CCOC(=O)C1CCN(c2nc3ccc(C)cc3cc2/C=C2\SC(=S)N(CCOC)C2=O)CC1. The summed E-state index contributed by atoms with van der Waals surface area (Å²) in [5.74, 6) is 0.507. The van der Waals surface area contributed by atoms with Gasteiger partial charge in [-0.15, -0.1) is 0 Å². The normalized spacial score (nSPS) is 18.4. The Hall–Kier alpha value is -2.49. The van der Waals surface area contributed by atoms with Gasteiger partial charge >= 0.3 is 5.97 Å². The van der Waals surface area contributed by atoms with E-state index in [0.29, 0.717) is 54.9 Å². The maximum Gasteiger partial charge on any atom is 0.309 e. The third kappa shape index (κ3) is 5.26. The Balaban J connectivity index is 1.67. The van der Waals surface area contributed by atoms with Crippen LogP contribution in [0, 0.1) is 12.8 Å². The molecule has 0 aliphatic carbocycles. The van der Waals surface area contributed by atoms with E-state index in [0.717, 1.165) is 27.8 Å². The largest absolute Gasteiger partial charge is 0.466 e. The van der Waals surface area contributed by atoms with Crippen molar-refractivity contribution in [2.24, 2.45) is 5.92 Å². The number of anilines is 1. The highest BCUT2D eigenvalue weighted by molar-refractivity contribution is 8.26. The number of esters is 1. The summed E-state index contributed by atoms with van der Waals surface area (Å²) in [5.41, 5.74) is 2.92. The minimum Gasteiger partial charge on any atom is -0.466 e. The van der Waals surface area contributed by atoms with Crippen LogP contribution in [0.3, 0.4) is 0 Å². The van der Waals surface area contributed by atoms with Gasteiger partial charge in [-0.3, -0.25) is 14.5 Å². The van der Waals surface area contributed by atoms with Crippen LogP contribution in [0.25, 0.3) is 17.0 Å². The molecule has 2 aliphatic rings. The van der Waals surface area contributed by atoms with E-state index in [1.165, 1.54) is 11.8 Å². The fourth-order valence-corrected chi connectivity index (χ4v) is 5.56. The average molecular weight is 500 g/mol. The summed E-state index contributed by atoms with van der Waals surface area (Å²) in [6.45, 7) is 6.54. The number of carbonyl (C=O) groups excluding carboxylic acids is 2. The molecule has 0 N–H and O–H groups in total. The Labute approximate surface area is 209 Å². The summed E-state index contributed by atoms with van der Waals surface area (Å²) < 4.78 is 10.9. The first kappa shape index (κ1) is 24.6. The van der Waals surface area contributed by atoms with Crippen molar-refractivity contribution >= 4 is 63.0 Å². The summed E-state index contributed by atoms with van der Waals surface area (Å²) in [6, 6.07) is 8.25. The van der Waals surface area contributed by atoms with Gasteiger partial charge in [-0.2, -0.15) is 0 Å². The standard InChI is InChI=1S/C25H29N3O4S2/c1-4-32-24(30)17-7-9-27(10-8-17)22-19(14-18-13-16(2)5-6-20(18)26-22)15-21-23(29)28(11-12-31-3)25(33)34-21/h5-6,13-15,17H,4,7-12H2,1-3H3/b21-15-. The molecule has 3 heterocycles. The number of hydrogen-bond acceptors (Lipinski definition) is 8. The molecule has 34 heavy (non-hydrogen) atoms. The second kappa shape index (κ2) is 10.8. The minimum absolute atomic E-state index is 0.0835. The molecule has 0 saturated carbocycles. The van der Waals surface area contributed by atoms with Crippen LogP contribution in [0.5, 0.6) is 0 Å². The Morgan fingerprint density at radius 2 is 2.06 bits per heavy atom. The van der Waals surface area contributed by atoms with Gasteiger partial charge in [0.1, 0.15) is 10.1 Å². The minimum atomic E-state index is -0.121. The van der Waals surface area contributed by atoms with Gasteiger partial charge in [-0.05, 0) is 51.0 Å². The topological polar surface area (TPSA) is 72.0 Å². The molecule has 4 rings (SSSR count). The number of ether oxygens (including phenoxy) is 2. The van der Waals surface area contributed by atoms with E-state index in [2.05, 4.69) is 17.0 Å². The highest BCUT2D eigenvalue weighted by atomic mass is 32.2. The van der Waals surface area contributed by atoms with Crippen LogP contribution in [0.1, 0.15) is 30.9 Å². The lowest BCUT2D eigenvalue weighted by Gasteiger charge is -2.32. The lowest BCUT2D eigenvalue weighted by atomic mass is 9.96. The summed E-state index contributed by atoms with van der Waals surface area (Å²) in [6.07, 6.45) is 3.32. The number of amides is 1. The Bertz CT molecular complexity index is 1140. The van der Waals surface area contributed by atoms with Crippen molar-refractivity contribution in [1.29, 1.82) is 0 Å². The second-order valence-corrected chi connectivity index (χ2v) is 10.1. The van der Waals surface area contributed by atoms with Gasteiger partial charge in [0.25, 0.3) is 5.91 Å². The van der Waals surface area contributed by atoms with Crippen molar-refractivity contribution in [3.63, 3.8) is 0 Å². The molecule has 0 spiro atoms. The molecule has 0 unspecified atom stereocenters. The first-order chi connectivity index (χ1) is 16.4. The Morgan fingerprint density at radius 1 is 1.29 bits per heavy atom. The van der Waals surface area contributed by atoms with E-state index in [4.69, 9.17) is 26.7 Å². The maximum absolute atomic E-state index is 13.0. The summed E-state index contributed by atoms with van der Waals surface area (Å²) >= 11 is 6.74. The molecule has 0 radical (unpaired) electrons. The number of fused-ring (bicyclic) bond motifs is 1. The summed E-state index contributed by atoms with van der Waals surface area (Å²) in [7, 11) is 1.60. The first-order valence-corrected chi connectivity index (χ1v) is 12.7. The molecule has 1 aromatic heterocycles. The van der Waals surface area contributed by atoms with Gasteiger partial charge in [-0.25, -0.2) is 4.98 Å². The quantitative estimate of drug-likeness (QED) is 0.319. The number of piperidine rings is 1. The molecule has 2 fully saturated rings. The second-order valence-electron chi connectivity index (χ2n) is 8.44. The molecular weight excluding hydrogens is 470 g/mol. The third-order valence-corrected chi connectivity index (χ3v) is 7.45. The van der Waals surface area contributed by atoms with Crippen LogP contribution < -0.4 is 4.90 Å². The zero-order valence-electron chi connectivity index (χ0n) is 19.7. The molecule has 0 atom stereocenters. The Morgan fingerprint density at radius 3 is 2.76 bits per heavy atom. The van der Waals surface area contributed by atoms with Crippen LogP contribution in [-0.2, 0) is 19.1 Å². The number of benzene rings is 1. The van der Waals surface area contributed by atoms with Crippen LogP contribution in [0.2, 0.25) is 0 Å². The van der Waals surface area contributed by atoms with Crippen LogP contribution in [0.15, 0.2) is 29.2 Å². The van der Waals surface area contributed by atoms with E-state index in [1.54, 1.807) is 12.0 Å². The van der Waals surface area contributed by atoms with E-state index < -0.39 is 0 Å². The zero-order valence-corrected chi connectivity index (χ0v) is 21.3. The molecular formula is C25H29N3O4S2. The van der Waals surface area contributed by atoms with Crippen molar-refractivity contribution in [2.45, 2.75) is 26.7 Å². The van der Waals surface area contributed by atoms with Crippen LogP contribution in [-0.4, -0.2) is 66.0 Å². The van der Waals surface area contributed by atoms with E-state index >= 15 is 0 Å². The smallest absolute Gasteiger partial charge is 0.309 e. The lowest BCUT2D eigenvalue weighted by Crippen LogP contribution is -2.37. The van der Waals surface area contributed by atoms with Gasteiger partial charge < -0.3 is 14.4 Å². The van der Waals surface area contributed by atoms with E-state index in [-0.39, 0.29) is 17.8 Å². The van der Waals surface area contributed by atoms with Gasteiger partial charge in [0, 0.05) is 31.1 Å². The maximum atomic E-state index is 13.0. The fourth-order valence-electron chi connectivity index (χ4n) is 4.27. The fraction of sp³-hybridized carbons (Fsp3) is 0.440. The van der Waals surface area contributed by atoms with E-state index in [1.807, 2.05) is 32.1 Å². The number of aromatic nitrogens is 1. The van der Waals surface area contributed by atoms with Gasteiger partial charge in [-0.1, -0.05) is 35.6 Å². The predicted molar refractivity (Wildman–Crippen MR) is 140 cm³/mol. The monoisotopic (exact) mass is 499 g/mol. The Kier molecular flexibility index (Phi) is 7.85. The summed E-state index contributed by atoms with van der Waals surface area (Å²) in [5, 5.41) is 1.02. The molecule has 180 valence electrons. The molecule has 2 saturated heterocycles. The van der Waals surface area contributed by atoms with Crippen molar-refractivity contribution in [2.75, 3.05) is 44.9 Å². The number of pyridine rings is 1. The van der Waals surface area contributed by atoms with Gasteiger partial charge in [0.15, 0.2) is 0 Å². The number of aryl methyl sites for hydroxylation is 1. The number of rotatable bonds is 7. The molecule has 7 nitrogen and oxygen atoms in total. The number of thioether (sulfide) groups is 1. The molecule has 1 amide bonds. The highest BCUT2D eigenvalue weighted by Gasteiger charge is 2.33. The van der Waals surface area contributed by atoms with Crippen LogP contribution in [0.4, 0.5) is 5.82 Å². The van der Waals surface area contributed by atoms with Crippen molar-refractivity contribution in [3.8, 4) is 0 Å². The van der Waals surface area contributed by atoms with Crippen molar-refractivity contribution in [3.05, 3.63) is 40.3 Å². The highest BCUT2D eigenvalue weighted by Crippen LogP contribution is 2.36. The number of carbonyl (C=O) groups is 2. The molecule has 0 bridgehead atoms. The number of thiocarbonyl (C=S) groups is 1. The van der Waals surface area contributed by atoms with Gasteiger partial charge in [0.05, 0.1) is 36.1 Å². The third-order valence-electron chi connectivity index (χ3n) is 6.07. The summed E-state index contributed by atoms with van der Waals surface area (Å²) in [4.78, 5) is 34.5. The predicted octanol–water partition coefficient (Wildman–Crippen LogP) is 4.17. The average Bonchev–Trinajstić information content (AvgIpc) is 3.09. The van der Waals surface area contributed by atoms with Crippen molar-refractivity contribution < 1.29 is 19.1 Å². The van der Waals surface area contributed by atoms with Crippen LogP contribution >= 0.6 is 24.0 Å². The molecule has 2 aliphatic heterocycles. The number of nitrogens with zero attached hydrogens (tertiary/aromatic N) is 3.